The molecule has 44 heavy (non-hydrogen) atoms. The maximum atomic E-state index is 4.45. The zero-order valence-electron chi connectivity index (χ0n) is 24.1. The Morgan fingerprint density at radius 2 is 1.00 bits per heavy atom. The molecule has 4 aromatic heterocycles. The summed E-state index contributed by atoms with van der Waals surface area (Å²) in [5, 5.41) is 3.86. The van der Waals surface area contributed by atoms with Crippen molar-refractivity contribution in [3.05, 3.63) is 133 Å². The van der Waals surface area contributed by atoms with Gasteiger partial charge < -0.3 is 9.13 Å². The number of aryl methyl sites for hydroxylation is 1. The van der Waals surface area contributed by atoms with E-state index in [9.17, 15) is 0 Å². The minimum absolute atomic E-state index is 0.736. The summed E-state index contributed by atoms with van der Waals surface area (Å²) in [7, 11) is 0. The first-order chi connectivity index (χ1) is 21.8. The largest absolute Gasteiger partial charge is 0.313 e. The number of aromatic nitrogens is 6. The fourth-order valence-corrected chi connectivity index (χ4v) is 6.99. The third kappa shape index (κ3) is 3.88. The molecule has 9 rings (SSSR count). The smallest absolute Gasteiger partial charge is 0.159 e. The van der Waals surface area contributed by atoms with Gasteiger partial charge in [-0.1, -0.05) is 18.2 Å². The molecule has 4 aromatic carbocycles. The van der Waals surface area contributed by atoms with Gasteiger partial charge in [-0.2, -0.15) is 0 Å². The minimum atomic E-state index is 0.736. The van der Waals surface area contributed by atoms with Gasteiger partial charge in [0.25, 0.3) is 0 Å². The number of nitrogens with zero attached hydrogens (tertiary/aromatic N) is 6. The fraction of sp³-hybridized carbons (Fsp3) is 0.105. The predicted molar refractivity (Wildman–Crippen MR) is 176 cm³/mol. The van der Waals surface area contributed by atoms with Gasteiger partial charge in [0.1, 0.15) is 0 Å². The molecule has 0 radical (unpaired) electrons. The second-order valence-electron chi connectivity index (χ2n) is 11.4. The molecule has 1 aliphatic rings. The van der Waals surface area contributed by atoms with E-state index in [0.29, 0.717) is 0 Å². The molecule has 0 amide bonds. The van der Waals surface area contributed by atoms with Gasteiger partial charge in [0.05, 0.1) is 16.6 Å². The van der Waals surface area contributed by atoms with Crippen LogP contribution >= 0.6 is 0 Å². The number of para-hydroxylation sites is 1. The maximum Gasteiger partial charge on any atom is 0.159 e. The van der Waals surface area contributed by atoms with E-state index in [2.05, 4.69) is 114 Å². The average Bonchev–Trinajstić information content (AvgIpc) is 3.60. The van der Waals surface area contributed by atoms with Crippen molar-refractivity contribution in [3.63, 3.8) is 0 Å². The summed E-state index contributed by atoms with van der Waals surface area (Å²) >= 11 is 0. The monoisotopic (exact) mass is 568 g/mol. The molecule has 0 saturated heterocycles. The van der Waals surface area contributed by atoms with E-state index in [0.717, 1.165) is 41.3 Å². The second kappa shape index (κ2) is 9.99. The normalized spacial score (nSPS) is 13.1. The van der Waals surface area contributed by atoms with Crippen LogP contribution in [0.1, 0.15) is 24.1 Å². The lowest BCUT2D eigenvalue weighted by molar-refractivity contribution is 0.667. The van der Waals surface area contributed by atoms with Crippen LogP contribution in [0.4, 0.5) is 0 Å². The lowest BCUT2D eigenvalue weighted by Crippen LogP contribution is -2.06. The fourth-order valence-electron chi connectivity index (χ4n) is 6.99. The summed E-state index contributed by atoms with van der Waals surface area (Å²) < 4.78 is 4.90. The molecule has 0 fully saturated rings. The van der Waals surface area contributed by atoms with Crippen molar-refractivity contribution in [1.29, 1.82) is 0 Å². The van der Waals surface area contributed by atoms with Crippen molar-refractivity contribution < 1.29 is 0 Å². The van der Waals surface area contributed by atoms with E-state index < -0.39 is 0 Å². The second-order valence-corrected chi connectivity index (χ2v) is 11.4. The van der Waals surface area contributed by atoms with Gasteiger partial charge >= 0.3 is 0 Å². The highest BCUT2D eigenvalue weighted by molar-refractivity contribution is 6.14. The number of benzene rings is 4. The van der Waals surface area contributed by atoms with Crippen molar-refractivity contribution >= 4 is 32.7 Å². The van der Waals surface area contributed by atoms with E-state index in [1.54, 1.807) is 24.8 Å². The first kappa shape index (κ1) is 24.9. The van der Waals surface area contributed by atoms with Gasteiger partial charge in [0.15, 0.2) is 11.6 Å². The molecule has 0 bridgehead atoms. The maximum absolute atomic E-state index is 4.45. The third-order valence-electron chi connectivity index (χ3n) is 8.96. The van der Waals surface area contributed by atoms with E-state index >= 15 is 0 Å². The van der Waals surface area contributed by atoms with Gasteiger partial charge in [-0.15, -0.1) is 0 Å². The Bertz CT molecular complexity index is 2300. The molecule has 4 heterocycles. The van der Waals surface area contributed by atoms with Crippen LogP contribution in [0.15, 0.2) is 122 Å². The van der Waals surface area contributed by atoms with E-state index in [4.69, 9.17) is 0 Å². The summed E-state index contributed by atoms with van der Waals surface area (Å²) in [6, 6.07) is 34.6. The molecule has 0 spiro atoms. The molecule has 0 atom stereocenters. The molecule has 6 heteroatoms. The van der Waals surface area contributed by atoms with Crippen LogP contribution in [0.2, 0.25) is 0 Å². The van der Waals surface area contributed by atoms with Crippen LogP contribution in [0.3, 0.4) is 0 Å². The van der Waals surface area contributed by atoms with Crippen molar-refractivity contribution in [2.75, 3.05) is 0 Å². The highest BCUT2D eigenvalue weighted by Gasteiger charge is 2.23. The SMILES string of the molecule is c1cnc(-c2ccc(-n3c4c(c5cc6c(cc53)c3ccccc3n6-c3ccc(-c5ncccn5)cc3)CCCC4)cc2)nc1. The Balaban J connectivity index is 1.26. The van der Waals surface area contributed by atoms with Crippen LogP contribution in [0, 0.1) is 0 Å². The number of hydrogen-bond donors (Lipinski definition) is 0. The summed E-state index contributed by atoms with van der Waals surface area (Å²) in [5.74, 6) is 1.48. The minimum Gasteiger partial charge on any atom is -0.313 e. The van der Waals surface area contributed by atoms with Crippen molar-refractivity contribution in [2.45, 2.75) is 25.7 Å². The molecule has 8 aromatic rings. The van der Waals surface area contributed by atoms with Crippen LogP contribution in [0.5, 0.6) is 0 Å². The Morgan fingerprint density at radius 3 is 1.66 bits per heavy atom. The Hall–Kier alpha value is -5.62. The predicted octanol–water partition coefficient (Wildman–Crippen LogP) is 8.52. The molecular formula is C38H28N6. The van der Waals surface area contributed by atoms with Crippen molar-refractivity contribution in [3.8, 4) is 34.2 Å². The average molecular weight is 569 g/mol. The van der Waals surface area contributed by atoms with Gasteiger partial charge in [0, 0.05) is 69.1 Å². The quantitative estimate of drug-likeness (QED) is 0.214. The summed E-state index contributed by atoms with van der Waals surface area (Å²) in [5.41, 5.74) is 11.0. The Morgan fingerprint density at radius 1 is 0.455 bits per heavy atom. The van der Waals surface area contributed by atoms with Crippen LogP contribution < -0.4 is 0 Å². The van der Waals surface area contributed by atoms with E-state index in [1.807, 2.05) is 12.1 Å². The molecule has 0 unspecified atom stereocenters. The highest BCUT2D eigenvalue weighted by atomic mass is 15.0. The zero-order chi connectivity index (χ0) is 29.0. The molecule has 0 aliphatic heterocycles. The first-order valence-corrected chi connectivity index (χ1v) is 15.2. The lowest BCUT2D eigenvalue weighted by atomic mass is 9.95. The molecule has 0 saturated carbocycles. The van der Waals surface area contributed by atoms with Crippen molar-refractivity contribution in [2.24, 2.45) is 0 Å². The van der Waals surface area contributed by atoms with Gasteiger partial charge in [-0.25, -0.2) is 19.9 Å². The highest BCUT2D eigenvalue weighted by Crippen LogP contribution is 2.40. The van der Waals surface area contributed by atoms with Crippen LogP contribution in [0.25, 0.3) is 66.9 Å². The summed E-state index contributed by atoms with van der Waals surface area (Å²) in [6.45, 7) is 0. The Kier molecular flexibility index (Phi) is 5.66. The Labute approximate surface area is 254 Å². The van der Waals surface area contributed by atoms with E-state index in [1.165, 1.54) is 62.5 Å². The zero-order valence-corrected chi connectivity index (χ0v) is 24.1. The number of fused-ring (bicyclic) bond motifs is 6. The lowest BCUT2D eigenvalue weighted by Gasteiger charge is -2.16. The summed E-state index contributed by atoms with van der Waals surface area (Å²) in [4.78, 5) is 17.8. The first-order valence-electron chi connectivity index (χ1n) is 15.2. The van der Waals surface area contributed by atoms with Crippen LogP contribution in [-0.4, -0.2) is 29.1 Å². The summed E-state index contributed by atoms with van der Waals surface area (Å²) in [6.07, 6.45) is 11.8. The number of rotatable bonds is 4. The molecule has 0 N–H and O–H groups in total. The topological polar surface area (TPSA) is 61.4 Å². The van der Waals surface area contributed by atoms with Crippen molar-refractivity contribution in [1.82, 2.24) is 29.1 Å². The van der Waals surface area contributed by atoms with Gasteiger partial charge in [-0.3, -0.25) is 0 Å². The standard InChI is InChI=1S/C38H28N6/c1-3-9-33-29(7-1)31-23-36-32(24-35(31)43(33)27-15-11-25(12-16-27)37-39-19-5-20-40-37)30-8-2-4-10-34(30)44(36)28-17-13-26(14-18-28)38-41-21-6-22-42-38/h1,3,5-7,9,11-24H,2,4,8,10H2. The third-order valence-corrected chi connectivity index (χ3v) is 8.96. The molecular weight excluding hydrogens is 540 g/mol. The molecule has 1 aliphatic carbocycles. The van der Waals surface area contributed by atoms with Gasteiger partial charge in [0.2, 0.25) is 0 Å². The van der Waals surface area contributed by atoms with E-state index in [-0.39, 0.29) is 0 Å². The number of hydrogen-bond acceptors (Lipinski definition) is 4. The molecule has 6 nitrogen and oxygen atoms in total. The van der Waals surface area contributed by atoms with Gasteiger partial charge in [-0.05, 0) is 110 Å². The van der Waals surface area contributed by atoms with Crippen LogP contribution in [-0.2, 0) is 12.8 Å². The molecule has 210 valence electrons.